The summed E-state index contributed by atoms with van der Waals surface area (Å²) < 4.78 is 4.82. The largest absolute Gasteiger partial charge is 0.420 e. The van der Waals surface area contributed by atoms with Gasteiger partial charge in [0.05, 0.1) is 4.92 Å². The SMILES string of the molecule is CC(=O)Oc1c(Cl)n[13c](Cc2ccc([N+](=O)[O-])cc2)nc1Cl. The van der Waals surface area contributed by atoms with Crippen LogP contribution in [0.1, 0.15) is 18.3 Å². The molecule has 22 heavy (non-hydrogen) atoms. The van der Waals surface area contributed by atoms with Gasteiger partial charge in [-0.15, -0.1) is 0 Å². The molecular weight excluding hydrogens is 334 g/mol. The summed E-state index contributed by atoms with van der Waals surface area (Å²) in [5.41, 5.74) is 0.740. The zero-order valence-corrected chi connectivity index (χ0v) is 12.8. The van der Waals surface area contributed by atoms with Crippen LogP contribution in [-0.2, 0) is 11.2 Å². The molecule has 0 aliphatic heterocycles. The fourth-order valence-corrected chi connectivity index (χ4v) is 2.16. The number of ether oxygens (including phenoxy) is 1. The van der Waals surface area contributed by atoms with Crippen LogP contribution in [0.5, 0.6) is 5.75 Å². The molecule has 0 N–H and O–H groups in total. The summed E-state index contributed by atoms with van der Waals surface area (Å²) >= 11 is 11.8. The third-order valence-corrected chi connectivity index (χ3v) is 3.10. The van der Waals surface area contributed by atoms with E-state index in [1.807, 2.05) is 0 Å². The number of non-ortho nitro benzene ring substituents is 1. The zero-order chi connectivity index (χ0) is 16.3. The highest BCUT2D eigenvalue weighted by atomic mass is 35.5. The predicted molar refractivity (Wildman–Crippen MR) is 79.3 cm³/mol. The Morgan fingerprint density at radius 3 is 2.23 bits per heavy atom. The van der Waals surface area contributed by atoms with Crippen molar-refractivity contribution in [3.8, 4) is 5.75 Å². The van der Waals surface area contributed by atoms with E-state index in [0.717, 1.165) is 5.56 Å². The van der Waals surface area contributed by atoms with Crippen molar-refractivity contribution in [2.45, 2.75) is 13.3 Å². The second kappa shape index (κ2) is 6.67. The molecule has 0 unspecified atom stereocenters. The molecule has 7 nitrogen and oxygen atoms in total. The molecule has 0 amide bonds. The topological polar surface area (TPSA) is 95.2 Å². The van der Waals surface area contributed by atoms with E-state index >= 15 is 0 Å². The number of halogens is 2. The quantitative estimate of drug-likeness (QED) is 0.366. The Morgan fingerprint density at radius 2 is 1.77 bits per heavy atom. The average molecular weight is 343 g/mol. The Kier molecular flexibility index (Phi) is 4.89. The van der Waals surface area contributed by atoms with Crippen LogP contribution in [-0.4, -0.2) is 20.9 Å². The maximum absolute atomic E-state index is 10.9. The highest BCUT2D eigenvalue weighted by Crippen LogP contribution is 2.30. The van der Waals surface area contributed by atoms with Crippen molar-refractivity contribution in [1.29, 1.82) is 0 Å². The van der Waals surface area contributed by atoms with E-state index in [-0.39, 0.29) is 28.2 Å². The molecule has 2 rings (SSSR count). The summed E-state index contributed by atoms with van der Waals surface area (Å²) in [7, 11) is 0. The van der Waals surface area contributed by atoms with Crippen molar-refractivity contribution in [3.05, 3.63) is 56.1 Å². The normalized spacial score (nSPS) is 10.3. The van der Waals surface area contributed by atoms with Crippen molar-refractivity contribution in [3.63, 3.8) is 0 Å². The number of hydrogen-bond acceptors (Lipinski definition) is 6. The number of carbonyl (C=O) groups excluding carboxylic acids is 1. The fourth-order valence-electron chi connectivity index (χ4n) is 1.66. The summed E-state index contributed by atoms with van der Waals surface area (Å²) in [5, 5.41) is 10.4. The molecule has 1 aromatic heterocycles. The van der Waals surface area contributed by atoms with Gasteiger partial charge in [-0.3, -0.25) is 14.9 Å². The molecule has 0 saturated carbocycles. The molecule has 1 heterocycles. The summed E-state index contributed by atoms with van der Waals surface area (Å²) in [4.78, 5) is 29.0. The number of nitro groups is 1. The molecule has 0 fully saturated rings. The molecule has 114 valence electrons. The van der Waals surface area contributed by atoms with Gasteiger partial charge in [0.2, 0.25) is 5.75 Å². The maximum atomic E-state index is 10.9. The monoisotopic (exact) mass is 342 g/mol. The minimum atomic E-state index is -0.587. The van der Waals surface area contributed by atoms with E-state index < -0.39 is 10.9 Å². The van der Waals surface area contributed by atoms with E-state index in [0.29, 0.717) is 5.82 Å². The lowest BCUT2D eigenvalue weighted by molar-refractivity contribution is -0.384. The lowest BCUT2D eigenvalue weighted by Gasteiger charge is -2.07. The Bertz CT molecular complexity index is 712. The second-order valence-electron chi connectivity index (χ2n) is 4.24. The van der Waals surface area contributed by atoms with Gasteiger partial charge in [-0.1, -0.05) is 35.3 Å². The van der Waals surface area contributed by atoms with Crippen molar-refractivity contribution in [2.75, 3.05) is 0 Å². The van der Waals surface area contributed by atoms with Crippen molar-refractivity contribution >= 4 is 34.9 Å². The van der Waals surface area contributed by atoms with Crippen LogP contribution in [0.3, 0.4) is 0 Å². The van der Waals surface area contributed by atoms with E-state index in [4.69, 9.17) is 27.9 Å². The van der Waals surface area contributed by atoms with Gasteiger partial charge < -0.3 is 4.74 Å². The van der Waals surface area contributed by atoms with Crippen LogP contribution in [0.15, 0.2) is 24.3 Å². The molecule has 9 heteroatoms. The van der Waals surface area contributed by atoms with E-state index in [1.54, 1.807) is 12.1 Å². The number of carbonyl (C=O) groups is 1. The number of hydrogen-bond donors (Lipinski definition) is 0. The number of aromatic nitrogens is 2. The molecule has 0 radical (unpaired) electrons. The Morgan fingerprint density at radius 1 is 1.23 bits per heavy atom. The molecular formula is C13H9Cl2N3O4. The first-order valence-electron chi connectivity index (χ1n) is 6.00. The molecule has 2 aromatic rings. The average Bonchev–Trinajstić information content (AvgIpc) is 2.43. The minimum absolute atomic E-state index is 0.00839. The standard InChI is InChI=1S/C13H9Cl2N3O4/c1-7(19)22-11-12(14)16-10(17-13(11)15)6-8-2-4-9(5-3-8)18(20)21/h2-5H,6H2,1H3/i10+1. The van der Waals surface area contributed by atoms with Crippen LogP contribution in [0.4, 0.5) is 5.69 Å². The Labute approximate surface area is 135 Å². The number of esters is 1. The first kappa shape index (κ1) is 16.1. The third kappa shape index (κ3) is 3.90. The second-order valence-corrected chi connectivity index (χ2v) is 4.96. The smallest absolute Gasteiger partial charge is 0.308 e. The van der Waals surface area contributed by atoms with E-state index in [9.17, 15) is 14.9 Å². The molecule has 1 aromatic carbocycles. The van der Waals surface area contributed by atoms with Crippen LogP contribution in [0, 0.1) is 10.1 Å². The van der Waals surface area contributed by atoms with Crippen molar-refractivity contribution in [2.24, 2.45) is 0 Å². The van der Waals surface area contributed by atoms with Crippen LogP contribution in [0.2, 0.25) is 10.3 Å². The zero-order valence-electron chi connectivity index (χ0n) is 11.2. The van der Waals surface area contributed by atoms with E-state index in [2.05, 4.69) is 9.97 Å². The maximum Gasteiger partial charge on any atom is 0.308 e. The molecule has 0 saturated heterocycles. The van der Waals surface area contributed by atoms with E-state index in [1.165, 1.54) is 19.1 Å². The first-order chi connectivity index (χ1) is 10.4. The number of benzene rings is 1. The highest BCUT2D eigenvalue weighted by molar-refractivity contribution is 6.35. The predicted octanol–water partition coefficient (Wildman–Crippen LogP) is 3.21. The fraction of sp³-hybridized carbons (Fsp3) is 0.154. The summed E-state index contributed by atoms with van der Waals surface area (Å²) in [5.74, 6) is -0.376. The molecule has 0 spiro atoms. The van der Waals surface area contributed by atoms with Crippen LogP contribution < -0.4 is 4.74 Å². The summed E-state index contributed by atoms with van der Waals surface area (Å²) in [6, 6.07) is 5.93. The lowest BCUT2D eigenvalue weighted by atomic mass is 10.2. The molecule has 0 bridgehead atoms. The van der Waals surface area contributed by atoms with Gasteiger partial charge in [0, 0.05) is 25.5 Å². The third-order valence-electron chi connectivity index (χ3n) is 2.58. The van der Waals surface area contributed by atoms with Gasteiger partial charge in [-0.05, 0) is 5.56 Å². The summed E-state index contributed by atoms with van der Waals surface area (Å²) in [6.07, 6.45) is 0.276. The van der Waals surface area contributed by atoms with Gasteiger partial charge >= 0.3 is 5.97 Å². The minimum Gasteiger partial charge on any atom is -0.420 e. The molecule has 0 aliphatic rings. The molecule has 0 atom stereocenters. The number of nitro benzene ring substituents is 1. The highest BCUT2D eigenvalue weighted by Gasteiger charge is 2.15. The Hall–Kier alpha value is -2.25. The van der Waals surface area contributed by atoms with Gasteiger partial charge in [0.15, 0.2) is 10.3 Å². The number of rotatable bonds is 4. The van der Waals surface area contributed by atoms with Crippen molar-refractivity contribution in [1.82, 2.24) is 9.97 Å². The van der Waals surface area contributed by atoms with Gasteiger partial charge in [-0.2, -0.15) is 0 Å². The summed E-state index contributed by atoms with van der Waals surface area (Å²) in [6.45, 7) is 1.21. The Balaban J connectivity index is 2.23. The van der Waals surface area contributed by atoms with Crippen LogP contribution >= 0.6 is 23.2 Å². The van der Waals surface area contributed by atoms with Crippen molar-refractivity contribution < 1.29 is 14.5 Å². The van der Waals surface area contributed by atoms with Crippen LogP contribution in [0.25, 0.3) is 0 Å². The first-order valence-corrected chi connectivity index (χ1v) is 6.76. The molecule has 0 aliphatic carbocycles. The number of nitrogens with zero attached hydrogens (tertiary/aromatic N) is 3. The van der Waals surface area contributed by atoms with Gasteiger partial charge in [0.25, 0.3) is 5.69 Å². The lowest BCUT2D eigenvalue weighted by Crippen LogP contribution is -2.06. The van der Waals surface area contributed by atoms with Gasteiger partial charge in [0.1, 0.15) is 5.82 Å². The van der Waals surface area contributed by atoms with Gasteiger partial charge in [-0.25, -0.2) is 9.97 Å².